The van der Waals surface area contributed by atoms with Crippen LogP contribution in [0.3, 0.4) is 0 Å². The van der Waals surface area contributed by atoms with E-state index in [1.807, 2.05) is 0 Å². The van der Waals surface area contributed by atoms with Gasteiger partial charge in [-0.15, -0.1) is 17.8 Å². The fraction of sp³-hybridized carbons (Fsp3) is 0.452. The Balaban J connectivity index is 1.26. The van der Waals surface area contributed by atoms with E-state index in [1.54, 1.807) is 11.4 Å². The Morgan fingerprint density at radius 1 is 1.17 bits per heavy atom. The maximum Gasteiger partial charge on any atom is 0.340 e. The van der Waals surface area contributed by atoms with Gasteiger partial charge in [0.2, 0.25) is 6.04 Å². The number of hydrogen-bond acceptors (Lipinski definition) is 10. The number of amides is 1. The molecule has 0 saturated carbocycles. The number of hydrogen-bond donors (Lipinski definition) is 0. The molecule has 1 aromatic carbocycles. The van der Waals surface area contributed by atoms with E-state index < -0.39 is 54.1 Å². The Bertz CT molecular complexity index is 1680. The van der Waals surface area contributed by atoms with Crippen molar-refractivity contribution in [1.82, 2.24) is 19.7 Å². The first-order valence-corrected chi connectivity index (χ1v) is 15.6. The van der Waals surface area contributed by atoms with Crippen molar-refractivity contribution in [2.24, 2.45) is 5.16 Å². The third kappa shape index (κ3) is 7.60. The molecule has 1 fully saturated rings. The lowest BCUT2D eigenvalue weighted by atomic mass is 9.97. The molecule has 0 bridgehead atoms. The zero-order valence-corrected chi connectivity index (χ0v) is 26.3. The number of thiazole rings is 1. The van der Waals surface area contributed by atoms with Crippen LogP contribution >= 0.6 is 11.3 Å². The zero-order chi connectivity index (χ0) is 34.4. The fourth-order valence-electron chi connectivity index (χ4n) is 5.40. The highest BCUT2D eigenvalue weighted by molar-refractivity contribution is 7.10. The summed E-state index contributed by atoms with van der Waals surface area (Å²) in [4.78, 5) is 38.1. The number of aromatic nitrogens is 3. The van der Waals surface area contributed by atoms with E-state index >= 15 is 0 Å². The molecule has 0 radical (unpaired) electrons. The first-order chi connectivity index (χ1) is 23.1. The van der Waals surface area contributed by atoms with Gasteiger partial charge in [-0.25, -0.2) is 36.4 Å². The van der Waals surface area contributed by atoms with Crippen molar-refractivity contribution < 1.29 is 50.6 Å². The zero-order valence-electron chi connectivity index (χ0n) is 25.5. The molecule has 2 unspecified atom stereocenters. The summed E-state index contributed by atoms with van der Waals surface area (Å²) in [5, 5.41) is 10.2. The molecule has 1 amide bonds. The van der Waals surface area contributed by atoms with Crippen LogP contribution in [0.5, 0.6) is 5.75 Å². The molecule has 256 valence electrons. The Morgan fingerprint density at radius 3 is 2.62 bits per heavy atom. The number of carbonyl (C=O) groups excluding carboxylic acids is 2. The molecule has 3 aromatic rings. The number of terminal acetylenes is 1. The van der Waals surface area contributed by atoms with Crippen molar-refractivity contribution >= 4 is 28.9 Å². The minimum absolute atomic E-state index is 0.0404. The van der Waals surface area contributed by atoms with Crippen LogP contribution in [-0.4, -0.2) is 77.3 Å². The van der Waals surface area contributed by atoms with Crippen LogP contribution in [0.1, 0.15) is 77.8 Å². The number of rotatable bonds is 13. The summed E-state index contributed by atoms with van der Waals surface area (Å²) >= 11 is 1.37. The van der Waals surface area contributed by atoms with Crippen molar-refractivity contribution in [3.05, 3.63) is 63.1 Å². The highest BCUT2D eigenvalue weighted by Crippen LogP contribution is 2.38. The number of ether oxygens (including phenoxy) is 3. The first-order valence-electron chi connectivity index (χ1n) is 14.8. The summed E-state index contributed by atoms with van der Waals surface area (Å²) in [6.07, 6.45) is -0.936. The average Bonchev–Trinajstić information content (AvgIpc) is 3.85. The normalized spacial score (nSPS) is 17.3. The number of methoxy groups -OCH3 is 1. The average molecular weight is 696 g/mol. The third-order valence-electron chi connectivity index (χ3n) is 7.75. The van der Waals surface area contributed by atoms with E-state index in [2.05, 4.69) is 16.2 Å². The predicted molar refractivity (Wildman–Crippen MR) is 160 cm³/mol. The third-order valence-corrected chi connectivity index (χ3v) is 8.76. The van der Waals surface area contributed by atoms with Gasteiger partial charge < -0.3 is 23.9 Å². The van der Waals surface area contributed by atoms with Gasteiger partial charge >= 0.3 is 5.97 Å². The number of oxime groups is 1. The molecule has 48 heavy (non-hydrogen) atoms. The number of alkyl halides is 4. The quantitative estimate of drug-likeness (QED) is 0.0771. The molecule has 17 heteroatoms. The van der Waals surface area contributed by atoms with Gasteiger partial charge in [-0.2, -0.15) is 5.10 Å². The van der Waals surface area contributed by atoms with Crippen molar-refractivity contribution in [1.29, 1.82) is 0 Å². The molecule has 1 saturated heterocycles. The molecule has 0 spiro atoms. The van der Waals surface area contributed by atoms with Crippen LogP contribution in [0.25, 0.3) is 0 Å². The van der Waals surface area contributed by atoms with Crippen LogP contribution in [0.4, 0.5) is 22.0 Å². The monoisotopic (exact) mass is 695 g/mol. The van der Waals surface area contributed by atoms with Gasteiger partial charge in [-0.1, -0.05) is 17.1 Å². The lowest BCUT2D eigenvalue weighted by molar-refractivity contribution is -0.156. The van der Waals surface area contributed by atoms with Crippen LogP contribution < -0.4 is 4.74 Å². The van der Waals surface area contributed by atoms with E-state index in [4.69, 9.17) is 30.5 Å². The molecule has 5 rings (SSSR count). The highest BCUT2D eigenvalue weighted by Gasteiger charge is 2.40. The molecule has 2 aliphatic rings. The maximum absolute atomic E-state index is 14.7. The number of nitrogens with zero attached hydrogens (tertiary/aromatic N) is 5. The SMILES string of the molecule is C#CCOc1cccc(F)c1C1CC(c2csc(C3CCN(C(=O)C(C(=O)OCCOC)n4nc(C(F)F)cc4C(F)F)CC3)n2)=NO1. The van der Waals surface area contributed by atoms with Crippen molar-refractivity contribution in [2.75, 3.05) is 40.0 Å². The fourth-order valence-corrected chi connectivity index (χ4v) is 6.40. The molecular weight excluding hydrogens is 665 g/mol. The second kappa shape index (κ2) is 15.6. The lowest BCUT2D eigenvalue weighted by Crippen LogP contribution is -2.45. The van der Waals surface area contributed by atoms with Crippen LogP contribution in [0.15, 0.2) is 34.8 Å². The number of carbonyl (C=O) groups is 2. The maximum atomic E-state index is 14.7. The van der Waals surface area contributed by atoms with E-state index in [9.17, 15) is 31.5 Å². The van der Waals surface area contributed by atoms with Gasteiger partial charge in [0.1, 0.15) is 41.9 Å². The van der Waals surface area contributed by atoms with E-state index in [1.165, 1.54) is 35.5 Å². The number of halogens is 5. The van der Waals surface area contributed by atoms with E-state index in [-0.39, 0.29) is 56.6 Å². The summed E-state index contributed by atoms with van der Waals surface area (Å²) in [6.45, 7) is -0.143. The summed E-state index contributed by atoms with van der Waals surface area (Å²) in [5.41, 5.74) is -0.758. The first kappa shape index (κ1) is 34.8. The van der Waals surface area contributed by atoms with E-state index in [0.717, 1.165) is 5.01 Å². The molecular formula is C31H30F5N5O6S. The van der Waals surface area contributed by atoms with Gasteiger partial charge in [0.25, 0.3) is 18.8 Å². The summed E-state index contributed by atoms with van der Waals surface area (Å²) in [7, 11) is 1.34. The second-order valence-corrected chi connectivity index (χ2v) is 11.6. The predicted octanol–water partition coefficient (Wildman–Crippen LogP) is 5.37. The Labute approximate surface area is 275 Å². The molecule has 2 aliphatic heterocycles. The molecule has 4 heterocycles. The van der Waals surface area contributed by atoms with E-state index in [0.29, 0.717) is 35.0 Å². The van der Waals surface area contributed by atoms with Crippen LogP contribution in [0, 0.1) is 18.2 Å². The lowest BCUT2D eigenvalue weighted by Gasteiger charge is -2.33. The number of esters is 1. The minimum atomic E-state index is -3.29. The van der Waals surface area contributed by atoms with Crippen molar-refractivity contribution in [3.8, 4) is 18.1 Å². The van der Waals surface area contributed by atoms with Crippen LogP contribution in [0.2, 0.25) is 0 Å². The van der Waals surface area contributed by atoms with Gasteiger partial charge in [-0.3, -0.25) is 4.79 Å². The molecule has 2 atom stereocenters. The minimum Gasteiger partial charge on any atom is -0.480 e. The molecule has 0 aliphatic carbocycles. The molecule has 0 N–H and O–H groups in total. The van der Waals surface area contributed by atoms with Gasteiger partial charge in [0, 0.05) is 37.9 Å². The van der Waals surface area contributed by atoms with Gasteiger partial charge in [0.15, 0.2) is 6.10 Å². The van der Waals surface area contributed by atoms with Gasteiger partial charge in [0.05, 0.1) is 22.9 Å². The number of piperidine rings is 1. The number of benzene rings is 1. The topological polar surface area (TPSA) is 117 Å². The Morgan fingerprint density at radius 2 is 1.94 bits per heavy atom. The molecule has 2 aromatic heterocycles. The summed E-state index contributed by atoms with van der Waals surface area (Å²) in [6, 6.07) is 2.81. The second-order valence-electron chi connectivity index (χ2n) is 10.8. The Hall–Kier alpha value is -4.56. The largest absolute Gasteiger partial charge is 0.480 e. The van der Waals surface area contributed by atoms with Crippen LogP contribution in [-0.2, 0) is 23.9 Å². The Kier molecular flexibility index (Phi) is 11.3. The smallest absolute Gasteiger partial charge is 0.340 e. The van der Waals surface area contributed by atoms with Crippen molar-refractivity contribution in [2.45, 2.75) is 50.2 Å². The van der Waals surface area contributed by atoms with Crippen molar-refractivity contribution in [3.63, 3.8) is 0 Å². The highest BCUT2D eigenvalue weighted by atomic mass is 32.1. The summed E-state index contributed by atoms with van der Waals surface area (Å²) in [5.74, 6) is -0.158. The summed E-state index contributed by atoms with van der Waals surface area (Å²) < 4.78 is 84.8. The van der Waals surface area contributed by atoms with Gasteiger partial charge in [-0.05, 0) is 31.0 Å². The molecule has 11 nitrogen and oxygen atoms in total. The standard InChI is InChI=1S/C31H30F5N5O6S/c1-3-11-45-23-6-4-5-18(32)25(23)24-15-19(39-47-24)21-16-48-29(37-21)17-7-9-40(10-8-17)30(42)26(31(43)46-13-12-44-2)41-22(28(35)36)14-20(38-41)27(33)34/h1,4-6,14,16-17,24,26-28H,7-13,15H2,2H3. The number of likely N-dealkylation sites (tertiary alicyclic amines) is 1.